The maximum Gasteiger partial charge on any atom is 0.264 e. The number of likely N-dealkylation sites (tertiary alicyclic amines) is 1. The second-order valence-electron chi connectivity index (χ2n) is 7.13. The number of hydrogen-bond donors (Lipinski definition) is 1. The van der Waals surface area contributed by atoms with E-state index in [9.17, 15) is 9.90 Å². The molecule has 0 bridgehead atoms. The number of carbonyl (C=O) groups excluding carboxylic acids is 1. The molecule has 2 unspecified atom stereocenters. The molecule has 3 nitrogen and oxygen atoms in total. The van der Waals surface area contributed by atoms with Crippen LogP contribution in [0.1, 0.15) is 53.4 Å². The van der Waals surface area contributed by atoms with Crippen molar-refractivity contribution in [2.75, 3.05) is 13.1 Å². The lowest BCUT2D eigenvalue weighted by Crippen LogP contribution is -2.40. The normalized spacial score (nSPS) is 32.3. The minimum absolute atomic E-state index is 0.159. The molecule has 0 spiro atoms. The van der Waals surface area contributed by atoms with E-state index in [-0.39, 0.29) is 11.8 Å². The molecule has 1 saturated carbocycles. The summed E-state index contributed by atoms with van der Waals surface area (Å²) in [6.45, 7) is 3.33. The van der Waals surface area contributed by atoms with Gasteiger partial charge in [0.2, 0.25) is 0 Å². The van der Waals surface area contributed by atoms with Crippen LogP contribution >= 0.6 is 11.3 Å². The summed E-state index contributed by atoms with van der Waals surface area (Å²) in [5.41, 5.74) is 2.05. The third-order valence-electron chi connectivity index (χ3n) is 5.66. The Kier molecular flexibility index (Phi) is 3.16. The molecule has 4 heteroatoms. The minimum atomic E-state index is -0.632. The van der Waals surface area contributed by atoms with Crippen LogP contribution < -0.4 is 0 Å². The van der Waals surface area contributed by atoms with E-state index >= 15 is 0 Å². The monoisotopic (exact) mass is 305 g/mol. The van der Waals surface area contributed by atoms with Crippen LogP contribution in [0.25, 0.3) is 0 Å². The van der Waals surface area contributed by atoms with Crippen molar-refractivity contribution >= 4 is 17.2 Å². The Morgan fingerprint density at radius 3 is 2.90 bits per heavy atom. The van der Waals surface area contributed by atoms with Crippen LogP contribution in [0.2, 0.25) is 0 Å². The van der Waals surface area contributed by atoms with Gasteiger partial charge in [-0.3, -0.25) is 4.79 Å². The van der Waals surface area contributed by atoms with Gasteiger partial charge in [-0.25, -0.2) is 0 Å². The highest BCUT2D eigenvalue weighted by Crippen LogP contribution is 2.47. The number of fused-ring (bicyclic) bond motifs is 1. The van der Waals surface area contributed by atoms with Gasteiger partial charge in [-0.05, 0) is 60.9 Å². The largest absolute Gasteiger partial charge is 0.387 e. The number of rotatable bonds is 2. The zero-order valence-electron chi connectivity index (χ0n) is 12.6. The van der Waals surface area contributed by atoms with Crippen LogP contribution in [0.3, 0.4) is 0 Å². The lowest BCUT2D eigenvalue weighted by atomic mass is 9.88. The summed E-state index contributed by atoms with van der Waals surface area (Å²) in [6, 6.07) is 0. The number of hydrogen-bond acceptors (Lipinski definition) is 3. The minimum Gasteiger partial charge on any atom is -0.387 e. The molecular formula is C17H23NO2S. The quantitative estimate of drug-likeness (QED) is 0.913. The first-order valence-electron chi connectivity index (χ1n) is 8.20. The highest BCUT2D eigenvalue weighted by molar-refractivity contribution is 7.12. The Balaban J connectivity index is 1.57. The summed E-state index contributed by atoms with van der Waals surface area (Å²) >= 11 is 1.61. The summed E-state index contributed by atoms with van der Waals surface area (Å²) in [5, 5.41) is 13.0. The van der Waals surface area contributed by atoms with Gasteiger partial charge in [-0.1, -0.05) is 6.92 Å². The average molecular weight is 305 g/mol. The molecule has 1 aliphatic heterocycles. The SMILES string of the molecule is CC1CN(C(=O)c2scc3c2CCCC3)CC1(O)C1CC1. The number of β-amino-alcohol motifs (C(OH)–C–C–N with tert-alkyl or cyclic N) is 1. The van der Waals surface area contributed by atoms with Gasteiger partial charge < -0.3 is 10.0 Å². The standard InChI is InChI=1S/C17H23NO2S/c1-11-8-18(10-17(11,20)13-6-7-13)16(19)15-14-5-3-2-4-12(14)9-21-15/h9,11,13,20H,2-8,10H2,1H3. The molecule has 1 amide bonds. The molecule has 2 fully saturated rings. The fraction of sp³-hybridized carbons (Fsp3) is 0.706. The average Bonchev–Trinajstić information content (AvgIpc) is 3.19. The molecule has 2 aliphatic carbocycles. The van der Waals surface area contributed by atoms with Gasteiger partial charge in [0.05, 0.1) is 17.0 Å². The van der Waals surface area contributed by atoms with Crippen molar-refractivity contribution in [1.82, 2.24) is 4.90 Å². The van der Waals surface area contributed by atoms with Crippen molar-refractivity contribution in [1.29, 1.82) is 0 Å². The number of nitrogens with zero attached hydrogens (tertiary/aromatic N) is 1. The smallest absolute Gasteiger partial charge is 0.264 e. The van der Waals surface area contributed by atoms with E-state index in [4.69, 9.17) is 0 Å². The van der Waals surface area contributed by atoms with Crippen molar-refractivity contribution in [3.8, 4) is 0 Å². The van der Waals surface area contributed by atoms with E-state index in [0.29, 0.717) is 19.0 Å². The van der Waals surface area contributed by atoms with E-state index in [1.54, 1.807) is 11.3 Å². The number of amides is 1. The molecule has 4 rings (SSSR count). The van der Waals surface area contributed by atoms with E-state index in [0.717, 1.165) is 30.6 Å². The van der Waals surface area contributed by atoms with Crippen LogP contribution in [0.5, 0.6) is 0 Å². The maximum absolute atomic E-state index is 12.9. The van der Waals surface area contributed by atoms with Crippen LogP contribution in [-0.2, 0) is 12.8 Å². The molecule has 21 heavy (non-hydrogen) atoms. The van der Waals surface area contributed by atoms with E-state index in [2.05, 4.69) is 12.3 Å². The van der Waals surface area contributed by atoms with Crippen molar-refractivity contribution in [3.05, 3.63) is 21.4 Å². The molecule has 1 saturated heterocycles. The Hall–Kier alpha value is -0.870. The van der Waals surface area contributed by atoms with Gasteiger partial charge in [0.15, 0.2) is 0 Å². The highest BCUT2D eigenvalue weighted by Gasteiger charge is 2.53. The second-order valence-corrected chi connectivity index (χ2v) is 8.01. The first kappa shape index (κ1) is 13.8. The molecular weight excluding hydrogens is 282 g/mol. The highest BCUT2D eigenvalue weighted by atomic mass is 32.1. The predicted molar refractivity (Wildman–Crippen MR) is 83.7 cm³/mol. The Labute approximate surface area is 130 Å². The third kappa shape index (κ3) is 2.15. The first-order valence-corrected chi connectivity index (χ1v) is 9.08. The molecule has 1 aromatic rings. The summed E-state index contributed by atoms with van der Waals surface area (Å²) in [7, 11) is 0. The van der Waals surface area contributed by atoms with Crippen molar-refractivity contribution in [2.45, 2.75) is 51.0 Å². The molecule has 2 atom stereocenters. The van der Waals surface area contributed by atoms with Crippen molar-refractivity contribution < 1.29 is 9.90 Å². The number of aliphatic hydroxyl groups is 1. The van der Waals surface area contributed by atoms with Crippen LogP contribution in [0, 0.1) is 11.8 Å². The predicted octanol–water partition coefficient (Wildman–Crippen LogP) is 2.86. The van der Waals surface area contributed by atoms with Gasteiger partial charge in [0.1, 0.15) is 0 Å². The molecule has 0 aromatic carbocycles. The summed E-state index contributed by atoms with van der Waals surface area (Å²) in [6.07, 6.45) is 6.87. The summed E-state index contributed by atoms with van der Waals surface area (Å²) < 4.78 is 0. The lowest BCUT2D eigenvalue weighted by Gasteiger charge is -2.26. The summed E-state index contributed by atoms with van der Waals surface area (Å²) in [4.78, 5) is 15.7. The van der Waals surface area contributed by atoms with Gasteiger partial charge in [0.25, 0.3) is 5.91 Å². The van der Waals surface area contributed by atoms with Crippen LogP contribution in [-0.4, -0.2) is 34.6 Å². The zero-order valence-corrected chi connectivity index (χ0v) is 13.4. The summed E-state index contributed by atoms with van der Waals surface area (Å²) in [5.74, 6) is 0.777. The zero-order chi connectivity index (χ0) is 14.6. The Bertz CT molecular complexity index is 577. The number of thiophene rings is 1. The van der Waals surface area contributed by atoms with E-state index in [1.807, 2.05) is 4.90 Å². The van der Waals surface area contributed by atoms with Crippen molar-refractivity contribution in [3.63, 3.8) is 0 Å². The molecule has 1 N–H and O–H groups in total. The van der Waals surface area contributed by atoms with Crippen LogP contribution in [0.15, 0.2) is 5.38 Å². The number of carbonyl (C=O) groups is 1. The van der Waals surface area contributed by atoms with Crippen LogP contribution in [0.4, 0.5) is 0 Å². The fourth-order valence-electron chi connectivity index (χ4n) is 4.13. The van der Waals surface area contributed by atoms with Gasteiger partial charge in [0, 0.05) is 12.5 Å². The van der Waals surface area contributed by atoms with Gasteiger partial charge in [-0.2, -0.15) is 0 Å². The van der Waals surface area contributed by atoms with Gasteiger partial charge >= 0.3 is 0 Å². The molecule has 3 aliphatic rings. The van der Waals surface area contributed by atoms with Gasteiger partial charge in [-0.15, -0.1) is 11.3 Å². The molecule has 1 aromatic heterocycles. The number of aryl methyl sites for hydroxylation is 1. The third-order valence-corrected chi connectivity index (χ3v) is 6.72. The van der Waals surface area contributed by atoms with E-state index in [1.165, 1.54) is 24.0 Å². The topological polar surface area (TPSA) is 40.5 Å². The Morgan fingerprint density at radius 2 is 2.14 bits per heavy atom. The molecule has 0 radical (unpaired) electrons. The fourth-order valence-corrected chi connectivity index (χ4v) is 5.25. The maximum atomic E-state index is 12.9. The van der Waals surface area contributed by atoms with Crippen molar-refractivity contribution in [2.24, 2.45) is 11.8 Å². The molecule has 114 valence electrons. The first-order chi connectivity index (χ1) is 10.1. The van der Waals surface area contributed by atoms with E-state index < -0.39 is 5.60 Å². The Morgan fingerprint density at radius 1 is 1.38 bits per heavy atom. The second kappa shape index (κ2) is 4.82. The lowest BCUT2D eigenvalue weighted by molar-refractivity contribution is -0.00362. The molecule has 2 heterocycles.